The summed E-state index contributed by atoms with van der Waals surface area (Å²) in [5, 5.41) is 6.37. The second kappa shape index (κ2) is 6.93. The number of amides is 1. The van der Waals surface area contributed by atoms with Gasteiger partial charge in [-0.05, 0) is 37.1 Å². The van der Waals surface area contributed by atoms with Gasteiger partial charge in [-0.3, -0.25) is 4.79 Å². The van der Waals surface area contributed by atoms with Crippen LogP contribution in [0.3, 0.4) is 0 Å². The maximum absolute atomic E-state index is 11.5. The third-order valence-electron chi connectivity index (χ3n) is 3.49. The molecule has 0 aliphatic carbocycles. The van der Waals surface area contributed by atoms with Crippen LogP contribution in [0.4, 0.5) is 11.4 Å². The molecule has 0 atom stereocenters. The summed E-state index contributed by atoms with van der Waals surface area (Å²) >= 11 is 0. The Morgan fingerprint density at radius 2 is 1.76 bits per heavy atom. The number of aryl methyl sites for hydroxylation is 1. The Kier molecular flexibility index (Phi) is 4.99. The highest BCUT2D eigenvalue weighted by Gasteiger charge is 2.06. The van der Waals surface area contributed by atoms with Crippen molar-refractivity contribution in [2.75, 3.05) is 10.6 Å². The van der Waals surface area contributed by atoms with Gasteiger partial charge in [0.15, 0.2) is 0 Å². The van der Waals surface area contributed by atoms with Crippen LogP contribution >= 0.6 is 0 Å². The lowest BCUT2D eigenvalue weighted by Crippen LogP contribution is -2.11. The zero-order valence-electron chi connectivity index (χ0n) is 12.9. The van der Waals surface area contributed by atoms with E-state index in [1.807, 2.05) is 32.0 Å². The summed E-state index contributed by atoms with van der Waals surface area (Å²) in [5.74, 6) is 0.0361. The fourth-order valence-electron chi connectivity index (χ4n) is 2.22. The predicted octanol–water partition coefficient (Wildman–Crippen LogP) is 4.26. The molecule has 2 N–H and O–H groups in total. The Morgan fingerprint density at radius 1 is 1.05 bits per heavy atom. The fourth-order valence-corrected chi connectivity index (χ4v) is 2.22. The highest BCUT2D eigenvalue weighted by Crippen LogP contribution is 2.24. The molecular formula is C18H22N2O. The summed E-state index contributed by atoms with van der Waals surface area (Å²) in [6.45, 7) is 6.73. The van der Waals surface area contributed by atoms with Crippen molar-refractivity contribution in [3.05, 3.63) is 59.2 Å². The molecule has 21 heavy (non-hydrogen) atoms. The molecule has 2 rings (SSSR count). The van der Waals surface area contributed by atoms with Gasteiger partial charge in [0.1, 0.15) is 0 Å². The van der Waals surface area contributed by atoms with Crippen LogP contribution in [0.1, 0.15) is 30.0 Å². The number of nitrogens with one attached hydrogen (secondary N) is 2. The van der Waals surface area contributed by atoms with Crippen LogP contribution in [0.2, 0.25) is 0 Å². The average Bonchev–Trinajstić information content (AvgIpc) is 2.48. The highest BCUT2D eigenvalue weighted by atomic mass is 16.1. The van der Waals surface area contributed by atoms with E-state index in [4.69, 9.17) is 0 Å². The molecule has 110 valence electrons. The second-order valence-electron chi connectivity index (χ2n) is 5.22. The summed E-state index contributed by atoms with van der Waals surface area (Å²) in [5.41, 5.74) is 5.49. The number of hydrogen-bond acceptors (Lipinski definition) is 2. The molecule has 0 heterocycles. The molecule has 0 spiro atoms. The summed E-state index contributed by atoms with van der Waals surface area (Å²) < 4.78 is 0. The van der Waals surface area contributed by atoms with E-state index in [-0.39, 0.29) is 5.91 Å². The number of carbonyl (C=O) groups excluding carboxylic acids is 1. The number of carbonyl (C=O) groups is 1. The third-order valence-corrected chi connectivity index (χ3v) is 3.49. The van der Waals surface area contributed by atoms with Gasteiger partial charge in [-0.25, -0.2) is 0 Å². The lowest BCUT2D eigenvalue weighted by molar-refractivity contribution is -0.115. The molecule has 2 aromatic rings. The van der Waals surface area contributed by atoms with E-state index in [1.165, 1.54) is 11.1 Å². The normalized spacial score (nSPS) is 10.2. The minimum Gasteiger partial charge on any atom is -0.381 e. The minimum atomic E-state index is 0.0361. The molecule has 0 saturated carbocycles. The molecule has 3 heteroatoms. The quantitative estimate of drug-likeness (QED) is 0.860. The van der Waals surface area contributed by atoms with Crippen LogP contribution in [0, 0.1) is 13.8 Å². The van der Waals surface area contributed by atoms with E-state index in [9.17, 15) is 4.79 Å². The zero-order valence-corrected chi connectivity index (χ0v) is 12.9. The van der Waals surface area contributed by atoms with Crippen molar-refractivity contribution in [3.8, 4) is 0 Å². The summed E-state index contributed by atoms with van der Waals surface area (Å²) in [6, 6.07) is 14.4. The number of benzene rings is 2. The van der Waals surface area contributed by atoms with Gasteiger partial charge in [-0.2, -0.15) is 0 Å². The fraction of sp³-hybridized carbons (Fsp3) is 0.278. The van der Waals surface area contributed by atoms with Crippen molar-refractivity contribution in [1.29, 1.82) is 0 Å². The maximum Gasteiger partial charge on any atom is 0.224 e. The van der Waals surface area contributed by atoms with Crippen molar-refractivity contribution in [3.63, 3.8) is 0 Å². The standard InChI is InChI=1S/C18H22N2O/c1-4-18(21)20-17-10-6-9-16(14(17)3)19-12-15-8-5-7-13(2)11-15/h5-11,19H,4,12H2,1-3H3,(H,20,21). The van der Waals surface area contributed by atoms with Gasteiger partial charge < -0.3 is 10.6 Å². The average molecular weight is 282 g/mol. The molecular weight excluding hydrogens is 260 g/mol. The molecule has 0 aliphatic heterocycles. The largest absolute Gasteiger partial charge is 0.381 e. The van der Waals surface area contributed by atoms with Gasteiger partial charge in [0, 0.05) is 24.3 Å². The molecule has 0 radical (unpaired) electrons. The lowest BCUT2D eigenvalue weighted by atomic mass is 10.1. The van der Waals surface area contributed by atoms with Crippen molar-refractivity contribution in [2.45, 2.75) is 33.7 Å². The van der Waals surface area contributed by atoms with Gasteiger partial charge in [0.2, 0.25) is 5.91 Å². The van der Waals surface area contributed by atoms with Crippen molar-refractivity contribution < 1.29 is 4.79 Å². The summed E-state index contributed by atoms with van der Waals surface area (Å²) in [4.78, 5) is 11.5. The second-order valence-corrected chi connectivity index (χ2v) is 5.22. The first-order valence-electron chi connectivity index (χ1n) is 7.29. The van der Waals surface area contributed by atoms with Crippen LogP contribution in [0.5, 0.6) is 0 Å². The first-order valence-corrected chi connectivity index (χ1v) is 7.29. The molecule has 3 nitrogen and oxygen atoms in total. The van der Waals surface area contributed by atoms with E-state index in [1.54, 1.807) is 0 Å². The zero-order chi connectivity index (χ0) is 15.2. The molecule has 0 unspecified atom stereocenters. The summed E-state index contributed by atoms with van der Waals surface area (Å²) in [7, 11) is 0. The molecule has 1 amide bonds. The van der Waals surface area contributed by atoms with Crippen LogP contribution in [0.25, 0.3) is 0 Å². The number of rotatable bonds is 5. The SMILES string of the molecule is CCC(=O)Nc1cccc(NCc2cccc(C)c2)c1C. The Hall–Kier alpha value is -2.29. The summed E-state index contributed by atoms with van der Waals surface area (Å²) in [6.07, 6.45) is 0.486. The highest BCUT2D eigenvalue weighted by molar-refractivity contribution is 5.92. The van der Waals surface area contributed by atoms with Crippen LogP contribution < -0.4 is 10.6 Å². The lowest BCUT2D eigenvalue weighted by Gasteiger charge is -2.14. The first kappa shape index (κ1) is 15.1. The smallest absolute Gasteiger partial charge is 0.224 e. The Labute approximate surface area is 126 Å². The van der Waals surface area contributed by atoms with Crippen molar-refractivity contribution in [2.24, 2.45) is 0 Å². The van der Waals surface area contributed by atoms with E-state index < -0.39 is 0 Å². The monoisotopic (exact) mass is 282 g/mol. The molecule has 0 fully saturated rings. The van der Waals surface area contributed by atoms with Gasteiger partial charge in [-0.1, -0.05) is 42.8 Å². The Balaban J connectivity index is 2.10. The molecule has 2 aromatic carbocycles. The van der Waals surface area contributed by atoms with Crippen molar-refractivity contribution in [1.82, 2.24) is 0 Å². The van der Waals surface area contributed by atoms with Crippen LogP contribution in [-0.4, -0.2) is 5.91 Å². The van der Waals surface area contributed by atoms with Gasteiger partial charge in [-0.15, -0.1) is 0 Å². The molecule has 0 aliphatic rings. The topological polar surface area (TPSA) is 41.1 Å². The number of hydrogen-bond donors (Lipinski definition) is 2. The van der Waals surface area contributed by atoms with E-state index in [2.05, 4.69) is 41.8 Å². The minimum absolute atomic E-state index is 0.0361. The third kappa shape index (κ3) is 4.09. The van der Waals surface area contributed by atoms with Crippen LogP contribution in [0.15, 0.2) is 42.5 Å². The van der Waals surface area contributed by atoms with Gasteiger partial charge >= 0.3 is 0 Å². The number of anilines is 2. The van der Waals surface area contributed by atoms with Gasteiger partial charge in [0.05, 0.1) is 0 Å². The maximum atomic E-state index is 11.5. The van der Waals surface area contributed by atoms with Crippen LogP contribution in [-0.2, 0) is 11.3 Å². The van der Waals surface area contributed by atoms with E-state index in [0.29, 0.717) is 6.42 Å². The molecule has 0 aromatic heterocycles. The predicted molar refractivity (Wildman–Crippen MR) is 88.6 cm³/mol. The van der Waals surface area contributed by atoms with E-state index in [0.717, 1.165) is 23.5 Å². The van der Waals surface area contributed by atoms with Gasteiger partial charge in [0.25, 0.3) is 0 Å². The molecule has 0 saturated heterocycles. The van der Waals surface area contributed by atoms with E-state index >= 15 is 0 Å². The van der Waals surface area contributed by atoms with Crippen molar-refractivity contribution >= 4 is 17.3 Å². The molecule has 0 bridgehead atoms. The first-order chi connectivity index (χ1) is 10.1. The Morgan fingerprint density at radius 3 is 2.48 bits per heavy atom. The Bertz CT molecular complexity index is 635.